The van der Waals surface area contributed by atoms with Crippen LogP contribution in [-0.2, 0) is 4.74 Å². The van der Waals surface area contributed by atoms with E-state index in [4.69, 9.17) is 0 Å². The molecule has 0 bridgehead atoms. The van der Waals surface area contributed by atoms with E-state index >= 15 is 0 Å². The first kappa shape index (κ1) is 17.6. The molecule has 2 nitrogen and oxygen atoms in total. The number of carbonyl (C=O) groups excluding carboxylic acids is 1. The summed E-state index contributed by atoms with van der Waals surface area (Å²) in [7, 11) is 0.979. The highest BCUT2D eigenvalue weighted by Gasteiger charge is 2.73. The molecule has 0 aliphatic rings. The average Bonchev–Trinajstić information content (AvgIpc) is 2.35. The van der Waals surface area contributed by atoms with E-state index < -0.39 is 40.0 Å². The normalized spacial score (nSPS) is 13.1. The molecule has 21 heavy (non-hydrogen) atoms. The number of thioether (sulfide) groups is 1. The highest BCUT2D eigenvalue weighted by atomic mass is 32.2. The lowest BCUT2D eigenvalue weighted by molar-refractivity contribution is -0.302. The summed E-state index contributed by atoms with van der Waals surface area (Å²) in [5, 5.41) is -5.48. The Morgan fingerprint density at radius 1 is 1.05 bits per heavy atom. The van der Waals surface area contributed by atoms with Gasteiger partial charge in [0, 0.05) is 4.90 Å². The van der Waals surface area contributed by atoms with Crippen molar-refractivity contribution in [1.82, 2.24) is 0 Å². The molecule has 0 radical (unpaired) electrons. The molecular weight excluding hydrogens is 329 g/mol. The van der Waals surface area contributed by atoms with Crippen molar-refractivity contribution in [3.63, 3.8) is 0 Å². The SMILES string of the molecule is COC(=O)c1cccc(SC(F)(C(F)(F)F)C(F)(F)F)c1. The van der Waals surface area contributed by atoms with Crippen LogP contribution in [0.2, 0.25) is 0 Å². The highest BCUT2D eigenvalue weighted by Crippen LogP contribution is 2.55. The van der Waals surface area contributed by atoms with Crippen LogP contribution in [0.25, 0.3) is 0 Å². The van der Waals surface area contributed by atoms with Crippen LogP contribution in [0, 0.1) is 0 Å². The summed E-state index contributed by atoms with van der Waals surface area (Å²) in [6.07, 6.45) is -12.3. The summed E-state index contributed by atoms with van der Waals surface area (Å²) in [5.74, 6) is -0.971. The van der Waals surface area contributed by atoms with Gasteiger partial charge in [0.1, 0.15) is 0 Å². The van der Waals surface area contributed by atoms with Gasteiger partial charge in [0.2, 0.25) is 0 Å². The lowest BCUT2D eigenvalue weighted by Gasteiger charge is -2.29. The quantitative estimate of drug-likeness (QED) is 0.466. The average molecular weight is 336 g/mol. The van der Waals surface area contributed by atoms with E-state index in [2.05, 4.69) is 4.74 Å². The number of hydrogen-bond donors (Lipinski definition) is 0. The Balaban J connectivity index is 3.20. The van der Waals surface area contributed by atoms with Crippen molar-refractivity contribution in [1.29, 1.82) is 0 Å². The van der Waals surface area contributed by atoms with Gasteiger partial charge in [0.25, 0.3) is 0 Å². The molecule has 0 amide bonds. The highest BCUT2D eigenvalue weighted by molar-refractivity contribution is 8.00. The first-order valence-electron chi connectivity index (χ1n) is 5.12. The van der Waals surface area contributed by atoms with E-state index in [1.807, 2.05) is 0 Å². The Kier molecular flexibility index (Phi) is 4.81. The van der Waals surface area contributed by atoms with E-state index in [9.17, 15) is 35.5 Å². The minimum atomic E-state index is -6.17. The molecule has 1 aromatic carbocycles. The van der Waals surface area contributed by atoms with Gasteiger partial charge < -0.3 is 4.74 Å². The molecule has 0 aromatic heterocycles. The minimum Gasteiger partial charge on any atom is -0.465 e. The van der Waals surface area contributed by atoms with E-state index in [1.165, 1.54) is 0 Å². The monoisotopic (exact) mass is 336 g/mol. The second kappa shape index (κ2) is 5.74. The fraction of sp³-hybridized carbons (Fsp3) is 0.364. The first-order valence-corrected chi connectivity index (χ1v) is 5.94. The third-order valence-corrected chi connectivity index (χ3v) is 3.48. The molecular formula is C11H7F7O2S. The number of halogens is 7. The van der Waals surface area contributed by atoms with Crippen molar-refractivity contribution >= 4 is 17.7 Å². The van der Waals surface area contributed by atoms with E-state index in [-0.39, 0.29) is 5.56 Å². The van der Waals surface area contributed by atoms with Gasteiger partial charge in [-0.05, 0) is 18.2 Å². The lowest BCUT2D eigenvalue weighted by atomic mass is 10.2. The van der Waals surface area contributed by atoms with Crippen molar-refractivity contribution < 1.29 is 40.3 Å². The number of methoxy groups -OCH3 is 1. The van der Waals surface area contributed by atoms with Gasteiger partial charge in [-0.1, -0.05) is 17.8 Å². The fourth-order valence-corrected chi connectivity index (χ4v) is 2.13. The predicted molar refractivity (Wildman–Crippen MR) is 59.6 cm³/mol. The topological polar surface area (TPSA) is 26.3 Å². The van der Waals surface area contributed by atoms with Crippen LogP contribution in [0.5, 0.6) is 0 Å². The van der Waals surface area contributed by atoms with Crippen LogP contribution in [0.4, 0.5) is 30.7 Å². The molecule has 0 heterocycles. The lowest BCUT2D eigenvalue weighted by Crippen LogP contribution is -2.50. The Bertz CT molecular complexity index is 510. The number of carbonyl (C=O) groups is 1. The van der Waals surface area contributed by atoms with Crippen LogP contribution in [0.3, 0.4) is 0 Å². The van der Waals surface area contributed by atoms with Gasteiger partial charge in [-0.25, -0.2) is 9.18 Å². The van der Waals surface area contributed by atoms with Crippen LogP contribution in [0.1, 0.15) is 10.4 Å². The molecule has 0 spiro atoms. The van der Waals surface area contributed by atoms with Crippen LogP contribution < -0.4 is 0 Å². The minimum absolute atomic E-state index is 0.297. The number of benzene rings is 1. The molecule has 1 rings (SSSR count). The van der Waals surface area contributed by atoms with E-state index in [1.54, 1.807) is 0 Å². The number of alkyl halides is 7. The van der Waals surface area contributed by atoms with Crippen LogP contribution in [-0.4, -0.2) is 30.4 Å². The molecule has 1 aromatic rings. The third-order valence-electron chi connectivity index (χ3n) is 2.24. The standard InChI is InChI=1S/C11H7F7O2S/c1-20-8(19)6-3-2-4-7(5-6)21-9(12,10(13,14)15)11(16,17)18/h2-5H,1H3. The number of esters is 1. The molecule has 10 heteroatoms. The molecule has 0 unspecified atom stereocenters. The van der Waals surface area contributed by atoms with Crippen molar-refractivity contribution in [3.05, 3.63) is 29.8 Å². The number of ether oxygens (including phenoxy) is 1. The smallest absolute Gasteiger partial charge is 0.441 e. The summed E-state index contributed by atoms with van der Waals surface area (Å²) in [4.78, 5) is 10.4. The van der Waals surface area contributed by atoms with Gasteiger partial charge >= 0.3 is 23.3 Å². The van der Waals surface area contributed by atoms with Gasteiger partial charge in [0.15, 0.2) is 0 Å². The third kappa shape index (κ3) is 3.60. The zero-order valence-electron chi connectivity index (χ0n) is 10.2. The van der Waals surface area contributed by atoms with Crippen molar-refractivity contribution in [3.8, 4) is 0 Å². The van der Waals surface area contributed by atoms with Crippen molar-refractivity contribution in [2.45, 2.75) is 22.2 Å². The summed E-state index contributed by atoms with van der Waals surface area (Å²) < 4.78 is 92.2. The Morgan fingerprint density at radius 2 is 1.57 bits per heavy atom. The van der Waals surface area contributed by atoms with Gasteiger partial charge in [0.05, 0.1) is 12.7 Å². The molecule has 0 fully saturated rings. The zero-order chi connectivity index (χ0) is 16.5. The largest absolute Gasteiger partial charge is 0.465 e. The molecule has 0 aliphatic heterocycles. The molecule has 0 atom stereocenters. The first-order chi connectivity index (χ1) is 9.42. The summed E-state index contributed by atoms with van der Waals surface area (Å²) in [5.41, 5.74) is -0.297. The van der Waals surface area contributed by atoms with Crippen molar-refractivity contribution in [2.75, 3.05) is 7.11 Å². The van der Waals surface area contributed by atoms with Gasteiger partial charge in [-0.15, -0.1) is 0 Å². The molecule has 0 saturated carbocycles. The Morgan fingerprint density at radius 3 is 2.00 bits per heavy atom. The molecule has 0 aliphatic carbocycles. The number of rotatable bonds is 3. The summed E-state index contributed by atoms with van der Waals surface area (Å²) in [6.45, 7) is 0. The Hall–Kier alpha value is -1.45. The molecule has 118 valence electrons. The maximum Gasteiger partial charge on any atom is 0.441 e. The fourth-order valence-electron chi connectivity index (χ4n) is 1.24. The van der Waals surface area contributed by atoms with Gasteiger partial charge in [-0.2, -0.15) is 26.3 Å². The summed E-state index contributed by atoms with van der Waals surface area (Å²) >= 11 is -1.08. The molecule has 0 saturated heterocycles. The second-order valence-electron chi connectivity index (χ2n) is 3.71. The number of hydrogen-bond acceptors (Lipinski definition) is 3. The Labute approximate surface area is 118 Å². The van der Waals surface area contributed by atoms with E-state index in [0.717, 1.165) is 25.3 Å². The second-order valence-corrected chi connectivity index (χ2v) is 4.95. The van der Waals surface area contributed by atoms with Crippen molar-refractivity contribution in [2.24, 2.45) is 0 Å². The maximum absolute atomic E-state index is 13.5. The predicted octanol–water partition coefficient (Wildman–Crippen LogP) is 4.36. The zero-order valence-corrected chi connectivity index (χ0v) is 11.0. The van der Waals surface area contributed by atoms with Gasteiger partial charge in [-0.3, -0.25) is 0 Å². The van der Waals surface area contributed by atoms with E-state index in [0.29, 0.717) is 6.07 Å². The van der Waals surface area contributed by atoms with Crippen LogP contribution in [0.15, 0.2) is 29.2 Å². The molecule has 0 N–H and O–H groups in total. The summed E-state index contributed by atoms with van der Waals surface area (Å²) in [6, 6.07) is 3.63. The van der Waals surface area contributed by atoms with Crippen LogP contribution >= 0.6 is 11.8 Å². The maximum atomic E-state index is 13.5.